The standard InChI is InChI=1S/C21H17N3O6/c1-29-16-6-4-13(24(27)28)9-15(16)17-7-5-14(30-17)10-22-23-20(25)18-11-2-3-12(8-11)19(18)21(23)26/h2-7,9-12,18-19H,8H2,1H3/b22-10-/t11-,12+,18-,19-/m0/s1. The number of rotatable bonds is 5. The molecule has 0 spiro atoms. The highest BCUT2D eigenvalue weighted by atomic mass is 16.6. The van der Waals surface area contributed by atoms with E-state index in [0.717, 1.165) is 11.4 Å². The zero-order valence-corrected chi connectivity index (χ0v) is 15.9. The van der Waals surface area contributed by atoms with Gasteiger partial charge in [0.15, 0.2) is 0 Å². The summed E-state index contributed by atoms with van der Waals surface area (Å²) in [6.45, 7) is 0. The van der Waals surface area contributed by atoms with Crippen LogP contribution in [0.2, 0.25) is 0 Å². The Morgan fingerprint density at radius 1 is 1.17 bits per heavy atom. The maximum Gasteiger partial charge on any atom is 0.270 e. The minimum atomic E-state index is -0.502. The highest BCUT2D eigenvalue weighted by Gasteiger charge is 2.59. The second-order valence-corrected chi connectivity index (χ2v) is 7.58. The van der Waals surface area contributed by atoms with Crippen molar-refractivity contribution >= 4 is 23.7 Å². The van der Waals surface area contributed by atoms with Gasteiger partial charge in [0.2, 0.25) is 0 Å². The monoisotopic (exact) mass is 407 g/mol. The molecule has 2 bridgehead atoms. The van der Waals surface area contributed by atoms with E-state index in [1.165, 1.54) is 31.5 Å². The van der Waals surface area contributed by atoms with Crippen LogP contribution in [0.1, 0.15) is 12.2 Å². The molecule has 2 aliphatic carbocycles. The lowest BCUT2D eigenvalue weighted by atomic mass is 9.85. The molecule has 1 aromatic heterocycles. The molecule has 4 atom stereocenters. The molecule has 1 aromatic carbocycles. The maximum absolute atomic E-state index is 12.7. The Bertz CT molecular complexity index is 1100. The van der Waals surface area contributed by atoms with Crippen molar-refractivity contribution in [1.29, 1.82) is 0 Å². The fourth-order valence-corrected chi connectivity index (χ4v) is 4.68. The highest BCUT2D eigenvalue weighted by molar-refractivity contribution is 6.06. The van der Waals surface area contributed by atoms with Crippen LogP contribution in [0.4, 0.5) is 5.69 Å². The normalized spacial score (nSPS) is 26.8. The predicted molar refractivity (Wildman–Crippen MR) is 105 cm³/mol. The molecule has 1 saturated heterocycles. The van der Waals surface area contributed by atoms with Crippen molar-refractivity contribution in [2.75, 3.05) is 7.11 Å². The van der Waals surface area contributed by atoms with Crippen LogP contribution in [0.5, 0.6) is 5.75 Å². The minimum Gasteiger partial charge on any atom is -0.496 e. The van der Waals surface area contributed by atoms with Crippen LogP contribution in [0, 0.1) is 33.8 Å². The number of benzene rings is 1. The van der Waals surface area contributed by atoms with E-state index in [1.54, 1.807) is 12.1 Å². The largest absolute Gasteiger partial charge is 0.496 e. The third-order valence-electron chi connectivity index (χ3n) is 6.03. The van der Waals surface area contributed by atoms with E-state index in [9.17, 15) is 19.7 Å². The van der Waals surface area contributed by atoms with Gasteiger partial charge < -0.3 is 9.15 Å². The van der Waals surface area contributed by atoms with Gasteiger partial charge in [0.25, 0.3) is 17.5 Å². The average molecular weight is 407 g/mol. The van der Waals surface area contributed by atoms with Crippen LogP contribution in [-0.4, -0.2) is 35.1 Å². The number of imide groups is 1. The summed E-state index contributed by atoms with van der Waals surface area (Å²) in [5, 5.41) is 16.1. The Hall–Kier alpha value is -3.75. The summed E-state index contributed by atoms with van der Waals surface area (Å²) in [6, 6.07) is 7.42. The second kappa shape index (κ2) is 6.65. The number of allylic oxidation sites excluding steroid dienone is 2. The number of nitrogens with zero attached hydrogens (tertiary/aromatic N) is 3. The van der Waals surface area contributed by atoms with Crippen LogP contribution in [-0.2, 0) is 9.59 Å². The van der Waals surface area contributed by atoms with Crippen molar-refractivity contribution in [3.63, 3.8) is 0 Å². The summed E-state index contributed by atoms with van der Waals surface area (Å²) in [5.41, 5.74) is 0.317. The van der Waals surface area contributed by atoms with Gasteiger partial charge in [-0.2, -0.15) is 10.1 Å². The summed E-state index contributed by atoms with van der Waals surface area (Å²) in [4.78, 5) is 35.9. The number of ether oxygens (including phenoxy) is 1. The summed E-state index contributed by atoms with van der Waals surface area (Å²) in [6.07, 6.45) is 6.21. The van der Waals surface area contributed by atoms with Crippen molar-refractivity contribution in [3.8, 4) is 17.1 Å². The Morgan fingerprint density at radius 3 is 2.50 bits per heavy atom. The van der Waals surface area contributed by atoms with E-state index in [0.29, 0.717) is 22.8 Å². The lowest BCUT2D eigenvalue weighted by Crippen LogP contribution is -2.28. The molecular formula is C21H17N3O6. The molecule has 30 heavy (non-hydrogen) atoms. The number of carbonyl (C=O) groups excluding carboxylic acids is 2. The lowest BCUT2D eigenvalue weighted by molar-refractivity contribution is -0.384. The van der Waals surface area contributed by atoms with Gasteiger partial charge in [-0.05, 0) is 36.5 Å². The molecule has 0 radical (unpaired) electrons. The first-order valence-corrected chi connectivity index (χ1v) is 9.50. The molecular weight excluding hydrogens is 390 g/mol. The summed E-state index contributed by atoms with van der Waals surface area (Å²) in [7, 11) is 1.46. The predicted octanol–water partition coefficient (Wildman–Crippen LogP) is 3.00. The Kier molecular flexibility index (Phi) is 4.05. The van der Waals surface area contributed by atoms with Gasteiger partial charge in [0, 0.05) is 12.1 Å². The number of fused-ring (bicyclic) bond motifs is 5. The zero-order valence-electron chi connectivity index (χ0n) is 15.9. The number of methoxy groups -OCH3 is 1. The van der Waals surface area contributed by atoms with Gasteiger partial charge in [0.1, 0.15) is 17.3 Å². The SMILES string of the molecule is COc1ccc([N+](=O)[O-])cc1-c1ccc(/C=N\N2C(=O)[C@@H]3[C@@H](C2=O)[C@H]2C=C[C@@H]3C2)o1. The van der Waals surface area contributed by atoms with Crippen LogP contribution >= 0.6 is 0 Å². The first-order chi connectivity index (χ1) is 14.5. The fraction of sp³-hybridized carbons (Fsp3) is 0.286. The number of hydrazone groups is 1. The smallest absolute Gasteiger partial charge is 0.270 e. The van der Waals surface area contributed by atoms with Gasteiger partial charge in [-0.3, -0.25) is 19.7 Å². The molecule has 152 valence electrons. The van der Waals surface area contributed by atoms with E-state index in [2.05, 4.69) is 5.10 Å². The van der Waals surface area contributed by atoms with Gasteiger partial charge in [-0.25, -0.2) is 0 Å². The molecule has 0 N–H and O–H groups in total. The third-order valence-corrected chi connectivity index (χ3v) is 6.03. The molecule has 3 aliphatic rings. The third kappa shape index (κ3) is 2.66. The molecule has 1 aliphatic heterocycles. The lowest BCUT2D eigenvalue weighted by Gasteiger charge is -2.13. The minimum absolute atomic E-state index is 0.0968. The van der Waals surface area contributed by atoms with E-state index < -0.39 is 4.92 Å². The van der Waals surface area contributed by atoms with Crippen molar-refractivity contribution in [1.82, 2.24) is 5.01 Å². The van der Waals surface area contributed by atoms with Crippen molar-refractivity contribution in [2.24, 2.45) is 28.8 Å². The molecule has 5 rings (SSSR count). The molecule has 0 unspecified atom stereocenters. The number of furan rings is 1. The fourth-order valence-electron chi connectivity index (χ4n) is 4.68. The van der Waals surface area contributed by atoms with E-state index in [1.807, 2.05) is 12.2 Å². The maximum atomic E-state index is 12.7. The van der Waals surface area contributed by atoms with Crippen LogP contribution in [0.15, 0.2) is 52.0 Å². The second-order valence-electron chi connectivity index (χ2n) is 7.58. The topological polar surface area (TPSA) is 115 Å². The number of nitro benzene ring substituents is 1. The Labute approximate surface area is 170 Å². The van der Waals surface area contributed by atoms with Crippen molar-refractivity contribution in [3.05, 3.63) is 58.4 Å². The first kappa shape index (κ1) is 18.3. The van der Waals surface area contributed by atoms with E-state index in [4.69, 9.17) is 9.15 Å². The Morgan fingerprint density at radius 2 is 1.87 bits per heavy atom. The molecule has 9 heteroatoms. The van der Waals surface area contributed by atoms with Crippen molar-refractivity contribution < 1.29 is 23.7 Å². The summed E-state index contributed by atoms with van der Waals surface area (Å²) >= 11 is 0. The number of non-ortho nitro benzene ring substituents is 1. The summed E-state index contributed by atoms with van der Waals surface area (Å²) in [5.74, 6) is 0.125. The quantitative estimate of drug-likeness (QED) is 0.247. The number of hydrogen-bond acceptors (Lipinski definition) is 7. The average Bonchev–Trinajstić information content (AvgIpc) is 3.51. The number of amides is 2. The molecule has 1 saturated carbocycles. The first-order valence-electron chi connectivity index (χ1n) is 9.50. The van der Waals surface area contributed by atoms with Gasteiger partial charge in [-0.15, -0.1) is 0 Å². The summed E-state index contributed by atoms with van der Waals surface area (Å²) < 4.78 is 11.0. The molecule has 2 amide bonds. The van der Waals surface area contributed by atoms with Gasteiger partial charge in [0.05, 0.1) is 35.6 Å². The number of carbonyl (C=O) groups is 2. The van der Waals surface area contributed by atoms with Gasteiger partial charge >= 0.3 is 0 Å². The Balaban J connectivity index is 1.39. The van der Waals surface area contributed by atoms with Gasteiger partial charge in [-0.1, -0.05) is 12.2 Å². The molecule has 9 nitrogen and oxygen atoms in total. The van der Waals surface area contributed by atoms with Crippen LogP contribution in [0.3, 0.4) is 0 Å². The van der Waals surface area contributed by atoms with Crippen molar-refractivity contribution in [2.45, 2.75) is 6.42 Å². The molecule has 2 heterocycles. The number of nitro groups is 1. The number of hydrogen-bond donors (Lipinski definition) is 0. The van der Waals surface area contributed by atoms with E-state index in [-0.39, 0.29) is 41.2 Å². The highest BCUT2D eigenvalue weighted by Crippen LogP contribution is 2.52. The molecule has 2 aromatic rings. The van der Waals surface area contributed by atoms with Crippen LogP contribution < -0.4 is 4.74 Å². The zero-order chi connectivity index (χ0) is 21.0. The van der Waals surface area contributed by atoms with Crippen LogP contribution in [0.25, 0.3) is 11.3 Å². The van der Waals surface area contributed by atoms with E-state index >= 15 is 0 Å². The molecule has 2 fully saturated rings.